The van der Waals surface area contributed by atoms with Crippen LogP contribution in [0.25, 0.3) is 0 Å². The van der Waals surface area contributed by atoms with Crippen LogP contribution in [0.5, 0.6) is 0 Å². The van der Waals surface area contributed by atoms with Crippen molar-refractivity contribution >= 4 is 23.7 Å². The van der Waals surface area contributed by atoms with E-state index in [4.69, 9.17) is 20.6 Å². The van der Waals surface area contributed by atoms with Gasteiger partial charge in [0.1, 0.15) is 12.1 Å². The number of alkyl carbamates (subject to hydrolysis) is 1. The number of nitrogens with two attached hydrogens (primary N) is 1. The van der Waals surface area contributed by atoms with E-state index in [0.29, 0.717) is 25.4 Å². The molecule has 10 heteroatoms. The highest BCUT2D eigenvalue weighted by Gasteiger charge is 2.38. The number of carbonyl (C=O) groups is 3. The molecule has 1 aliphatic heterocycles. The van der Waals surface area contributed by atoms with Crippen molar-refractivity contribution in [1.82, 2.24) is 15.5 Å². The Labute approximate surface area is 203 Å². The van der Waals surface area contributed by atoms with E-state index in [1.165, 1.54) is 0 Å². The van der Waals surface area contributed by atoms with Crippen molar-refractivity contribution in [1.29, 1.82) is 5.41 Å². The SMILES string of the molecule is CCOC(=O)N[C@H](COC(C)(C)CC)C(=O)N1CCC[C@H]1C(=O)NC[C@H]1CC[C@H](C(=N)N)CC1. The molecule has 2 atom stereocenters. The molecule has 1 saturated carbocycles. The average Bonchev–Trinajstić information content (AvgIpc) is 3.30. The Morgan fingerprint density at radius 1 is 1.15 bits per heavy atom. The Morgan fingerprint density at radius 3 is 2.41 bits per heavy atom. The summed E-state index contributed by atoms with van der Waals surface area (Å²) in [6, 6.07) is -1.49. The minimum atomic E-state index is -0.930. The topological polar surface area (TPSA) is 147 Å². The Balaban J connectivity index is 1.96. The maximum absolute atomic E-state index is 13.4. The third-order valence-electron chi connectivity index (χ3n) is 7.05. The van der Waals surface area contributed by atoms with Crippen LogP contribution >= 0.6 is 0 Å². The molecule has 0 unspecified atom stereocenters. The summed E-state index contributed by atoms with van der Waals surface area (Å²) in [5, 5.41) is 13.2. The lowest BCUT2D eigenvalue weighted by Crippen LogP contribution is -2.55. The third-order valence-corrected chi connectivity index (χ3v) is 7.05. The monoisotopic (exact) mass is 481 g/mol. The van der Waals surface area contributed by atoms with Gasteiger partial charge in [-0.25, -0.2) is 4.79 Å². The Kier molecular flexibility index (Phi) is 10.6. The van der Waals surface area contributed by atoms with Crippen molar-refractivity contribution in [3.8, 4) is 0 Å². The van der Waals surface area contributed by atoms with E-state index < -0.39 is 23.8 Å². The van der Waals surface area contributed by atoms with Crippen molar-refractivity contribution in [2.75, 3.05) is 26.3 Å². The zero-order valence-corrected chi connectivity index (χ0v) is 21.2. The first kappa shape index (κ1) is 27.9. The van der Waals surface area contributed by atoms with Crippen LogP contribution in [0.4, 0.5) is 4.79 Å². The van der Waals surface area contributed by atoms with E-state index in [0.717, 1.165) is 38.5 Å². The van der Waals surface area contributed by atoms with Crippen LogP contribution in [-0.2, 0) is 19.1 Å². The number of nitrogens with zero attached hydrogens (tertiary/aromatic N) is 1. The van der Waals surface area contributed by atoms with Crippen molar-refractivity contribution in [2.45, 2.75) is 90.3 Å². The molecule has 5 N–H and O–H groups in total. The Bertz CT molecular complexity index is 721. The first-order chi connectivity index (χ1) is 16.1. The number of amidine groups is 1. The molecule has 194 valence electrons. The molecule has 0 aromatic carbocycles. The quantitative estimate of drug-likeness (QED) is 0.263. The summed E-state index contributed by atoms with van der Waals surface area (Å²) in [7, 11) is 0. The Hall–Kier alpha value is -2.36. The summed E-state index contributed by atoms with van der Waals surface area (Å²) in [4.78, 5) is 40.0. The normalized spacial score (nSPS) is 23.8. The third kappa shape index (κ3) is 8.14. The molecule has 1 saturated heterocycles. The first-order valence-corrected chi connectivity index (χ1v) is 12.6. The molecule has 1 aliphatic carbocycles. The van der Waals surface area contributed by atoms with Gasteiger partial charge in [0.2, 0.25) is 11.8 Å². The van der Waals surface area contributed by atoms with Crippen LogP contribution in [0.1, 0.15) is 72.6 Å². The number of rotatable bonds is 11. The summed E-state index contributed by atoms with van der Waals surface area (Å²) < 4.78 is 10.9. The van der Waals surface area contributed by atoms with Gasteiger partial charge in [-0.1, -0.05) is 6.92 Å². The Morgan fingerprint density at radius 2 is 1.82 bits per heavy atom. The molecule has 34 heavy (non-hydrogen) atoms. The molecule has 3 amide bonds. The van der Waals surface area contributed by atoms with Gasteiger partial charge in [-0.3, -0.25) is 15.0 Å². The van der Waals surface area contributed by atoms with E-state index in [-0.39, 0.29) is 36.8 Å². The highest BCUT2D eigenvalue weighted by atomic mass is 16.5. The second-order valence-electron chi connectivity index (χ2n) is 9.95. The standard InChI is InChI=1S/C24H43N5O5/c1-5-24(3,4)34-15-18(28-23(32)33-6-2)22(31)29-13-7-8-19(29)21(30)27-14-16-9-11-17(12-10-16)20(25)26/h16-19H,5-15H2,1-4H3,(H3,25,26)(H,27,30)(H,28,32)/t16-,17-,18-,19+/m1/s1. The molecular formula is C24H43N5O5. The lowest BCUT2D eigenvalue weighted by molar-refractivity contribution is -0.142. The van der Waals surface area contributed by atoms with E-state index in [9.17, 15) is 14.4 Å². The van der Waals surface area contributed by atoms with Crippen LogP contribution in [-0.4, -0.2) is 72.6 Å². The highest BCUT2D eigenvalue weighted by molar-refractivity contribution is 5.92. The summed E-state index contributed by atoms with van der Waals surface area (Å²) >= 11 is 0. The smallest absolute Gasteiger partial charge is 0.407 e. The second-order valence-corrected chi connectivity index (χ2v) is 9.95. The highest BCUT2D eigenvalue weighted by Crippen LogP contribution is 2.28. The second kappa shape index (κ2) is 12.9. The number of carbonyl (C=O) groups excluding carboxylic acids is 3. The van der Waals surface area contributed by atoms with Gasteiger partial charge in [-0.05, 0) is 71.6 Å². The van der Waals surface area contributed by atoms with Gasteiger partial charge >= 0.3 is 6.09 Å². The minimum absolute atomic E-state index is 0.00269. The molecule has 0 spiro atoms. The average molecular weight is 482 g/mol. The largest absolute Gasteiger partial charge is 0.450 e. The predicted octanol–water partition coefficient (Wildman–Crippen LogP) is 2.16. The fourth-order valence-corrected chi connectivity index (χ4v) is 4.44. The zero-order chi connectivity index (χ0) is 25.3. The van der Waals surface area contributed by atoms with E-state index in [2.05, 4.69) is 10.6 Å². The van der Waals surface area contributed by atoms with Crippen LogP contribution in [0.3, 0.4) is 0 Å². The zero-order valence-electron chi connectivity index (χ0n) is 21.2. The van der Waals surface area contributed by atoms with Crippen molar-refractivity contribution in [2.24, 2.45) is 17.6 Å². The van der Waals surface area contributed by atoms with Gasteiger partial charge < -0.3 is 30.7 Å². The minimum Gasteiger partial charge on any atom is -0.450 e. The maximum Gasteiger partial charge on any atom is 0.407 e. The number of hydrogen-bond donors (Lipinski definition) is 4. The molecule has 0 aromatic heterocycles. The number of amides is 3. The van der Waals surface area contributed by atoms with Gasteiger partial charge in [0.05, 0.1) is 24.7 Å². The molecule has 0 radical (unpaired) electrons. The van der Waals surface area contributed by atoms with Gasteiger partial charge in [-0.2, -0.15) is 0 Å². The van der Waals surface area contributed by atoms with E-state index >= 15 is 0 Å². The summed E-state index contributed by atoms with van der Waals surface area (Å²) in [6.07, 6.45) is 4.97. The molecule has 2 fully saturated rings. The predicted molar refractivity (Wildman–Crippen MR) is 129 cm³/mol. The molecule has 2 aliphatic rings. The number of ether oxygens (including phenoxy) is 2. The van der Waals surface area contributed by atoms with E-state index in [1.807, 2.05) is 20.8 Å². The fraction of sp³-hybridized carbons (Fsp3) is 0.833. The van der Waals surface area contributed by atoms with Gasteiger partial charge in [0, 0.05) is 19.0 Å². The molecule has 10 nitrogen and oxygen atoms in total. The summed E-state index contributed by atoms with van der Waals surface area (Å²) in [6.45, 7) is 8.74. The molecular weight excluding hydrogens is 438 g/mol. The van der Waals surface area contributed by atoms with Crippen molar-refractivity contribution in [3.05, 3.63) is 0 Å². The molecule has 1 heterocycles. The van der Waals surface area contributed by atoms with E-state index in [1.54, 1.807) is 11.8 Å². The summed E-state index contributed by atoms with van der Waals surface area (Å²) in [5.41, 5.74) is 5.17. The number of hydrogen-bond acceptors (Lipinski definition) is 6. The number of likely N-dealkylation sites (tertiary alicyclic amines) is 1. The van der Waals surface area contributed by atoms with Gasteiger partial charge in [0.25, 0.3) is 0 Å². The van der Waals surface area contributed by atoms with Gasteiger partial charge in [0.15, 0.2) is 0 Å². The van der Waals surface area contributed by atoms with Crippen LogP contribution in [0.15, 0.2) is 0 Å². The molecule has 0 bridgehead atoms. The summed E-state index contributed by atoms with van der Waals surface area (Å²) in [5.74, 6) is 0.260. The van der Waals surface area contributed by atoms with Gasteiger partial charge in [-0.15, -0.1) is 0 Å². The fourth-order valence-electron chi connectivity index (χ4n) is 4.44. The number of nitrogens with one attached hydrogen (secondary N) is 3. The first-order valence-electron chi connectivity index (χ1n) is 12.6. The lowest BCUT2D eigenvalue weighted by atomic mass is 9.81. The van der Waals surface area contributed by atoms with Crippen LogP contribution in [0.2, 0.25) is 0 Å². The van der Waals surface area contributed by atoms with Crippen LogP contribution in [0, 0.1) is 17.2 Å². The van der Waals surface area contributed by atoms with Crippen molar-refractivity contribution < 1.29 is 23.9 Å². The molecule has 0 aromatic rings. The maximum atomic E-state index is 13.4. The lowest BCUT2D eigenvalue weighted by Gasteiger charge is -2.32. The molecule has 2 rings (SSSR count). The van der Waals surface area contributed by atoms with Crippen LogP contribution < -0.4 is 16.4 Å². The van der Waals surface area contributed by atoms with Crippen molar-refractivity contribution in [3.63, 3.8) is 0 Å².